The molecule has 1 aliphatic heterocycles. The minimum absolute atomic E-state index is 0.171. The molecule has 3 N–H and O–H groups in total. The minimum Gasteiger partial charge on any atom is -0.375 e. The van der Waals surface area contributed by atoms with Crippen LogP contribution in [0.25, 0.3) is 11.0 Å². The van der Waals surface area contributed by atoms with Gasteiger partial charge in [0.2, 0.25) is 0 Å². The summed E-state index contributed by atoms with van der Waals surface area (Å²) in [5, 5.41) is 4.18. The molecule has 1 unspecified atom stereocenters. The normalized spacial score (nSPS) is 18.6. The maximum absolute atomic E-state index is 5.83. The van der Waals surface area contributed by atoms with E-state index >= 15 is 0 Å². The number of aromatic nitrogens is 3. The van der Waals surface area contributed by atoms with Gasteiger partial charge in [0, 0.05) is 13.0 Å². The number of hydrogen-bond donors (Lipinski definition) is 2. The van der Waals surface area contributed by atoms with Gasteiger partial charge in [-0.3, -0.25) is 0 Å². The monoisotopic (exact) mass is 289 g/mol. The Morgan fingerprint density at radius 3 is 3.11 bits per heavy atom. The third-order valence-corrected chi connectivity index (χ3v) is 4.88. The molecule has 0 saturated carbocycles. The molecule has 4 rings (SSSR count). The van der Waals surface area contributed by atoms with Gasteiger partial charge in [0.15, 0.2) is 5.13 Å². The number of anilines is 1. The van der Waals surface area contributed by atoms with Crippen molar-refractivity contribution in [2.75, 3.05) is 12.3 Å². The number of rotatable bonds is 1. The van der Waals surface area contributed by atoms with Gasteiger partial charge in [-0.15, -0.1) is 11.3 Å². The highest BCUT2D eigenvalue weighted by atomic mass is 32.1. The lowest BCUT2D eigenvalue weighted by atomic mass is 9.99. The summed E-state index contributed by atoms with van der Waals surface area (Å²) in [7, 11) is 0. The van der Waals surface area contributed by atoms with Gasteiger partial charge in [0.25, 0.3) is 0 Å². The van der Waals surface area contributed by atoms with Crippen LogP contribution >= 0.6 is 23.1 Å². The van der Waals surface area contributed by atoms with Crippen molar-refractivity contribution in [3.05, 3.63) is 34.3 Å². The molecule has 1 aromatic carbocycles. The molecule has 1 aliphatic rings. The molecule has 5 nitrogen and oxygen atoms in total. The van der Waals surface area contributed by atoms with E-state index in [1.165, 1.54) is 22.2 Å². The highest BCUT2D eigenvalue weighted by molar-refractivity contribution is 7.15. The van der Waals surface area contributed by atoms with E-state index in [4.69, 9.17) is 5.73 Å². The summed E-state index contributed by atoms with van der Waals surface area (Å²) in [6.07, 6.45) is 0.944. The highest BCUT2D eigenvalue weighted by Gasteiger charge is 2.25. The zero-order valence-electron chi connectivity index (χ0n) is 9.96. The Morgan fingerprint density at radius 2 is 2.16 bits per heavy atom. The molecule has 0 fully saturated rings. The molecule has 96 valence electrons. The van der Waals surface area contributed by atoms with Gasteiger partial charge in [-0.05, 0) is 17.7 Å². The standard InChI is InChI=1S/C12H11N5S2/c13-12-15-8-3-4-14-10(11(8)18-12)6-1-2-7-9(5-6)17-19-16-7/h1-2,5,10,14H,3-4H2,(H2,13,15). The van der Waals surface area contributed by atoms with Crippen LogP contribution in [0.15, 0.2) is 18.2 Å². The molecule has 0 bridgehead atoms. The molecule has 0 aliphatic carbocycles. The van der Waals surface area contributed by atoms with Crippen LogP contribution in [-0.2, 0) is 6.42 Å². The van der Waals surface area contributed by atoms with Crippen molar-refractivity contribution in [1.29, 1.82) is 0 Å². The molecular formula is C12H11N5S2. The third kappa shape index (κ3) is 1.81. The van der Waals surface area contributed by atoms with Gasteiger partial charge in [-0.2, -0.15) is 8.75 Å². The molecule has 19 heavy (non-hydrogen) atoms. The van der Waals surface area contributed by atoms with Crippen LogP contribution in [0.3, 0.4) is 0 Å². The van der Waals surface area contributed by atoms with Gasteiger partial charge in [0.1, 0.15) is 11.0 Å². The SMILES string of the molecule is Nc1nc2c(s1)C(c1ccc3nsnc3c1)NCC2. The van der Waals surface area contributed by atoms with E-state index in [2.05, 4.69) is 31.2 Å². The fourth-order valence-electron chi connectivity index (χ4n) is 2.46. The fourth-order valence-corrected chi connectivity index (χ4v) is 3.96. The first-order valence-electron chi connectivity index (χ1n) is 6.02. The Morgan fingerprint density at radius 1 is 1.26 bits per heavy atom. The number of benzene rings is 1. The van der Waals surface area contributed by atoms with E-state index in [1.807, 2.05) is 6.07 Å². The number of thiazole rings is 1. The zero-order valence-corrected chi connectivity index (χ0v) is 11.6. The molecule has 7 heteroatoms. The molecule has 0 spiro atoms. The Labute approximate surface area is 117 Å². The summed E-state index contributed by atoms with van der Waals surface area (Å²) < 4.78 is 8.54. The third-order valence-electron chi connectivity index (χ3n) is 3.33. The van der Waals surface area contributed by atoms with E-state index in [1.54, 1.807) is 11.3 Å². The predicted molar refractivity (Wildman–Crippen MR) is 77.5 cm³/mol. The van der Waals surface area contributed by atoms with Crippen LogP contribution in [0.1, 0.15) is 22.2 Å². The second-order valence-corrected chi connectivity index (χ2v) is 6.10. The van der Waals surface area contributed by atoms with Gasteiger partial charge >= 0.3 is 0 Å². The van der Waals surface area contributed by atoms with E-state index < -0.39 is 0 Å². The highest BCUT2D eigenvalue weighted by Crippen LogP contribution is 2.35. The Kier molecular flexibility index (Phi) is 2.51. The van der Waals surface area contributed by atoms with Crippen LogP contribution < -0.4 is 11.1 Å². The largest absolute Gasteiger partial charge is 0.375 e. The van der Waals surface area contributed by atoms with Gasteiger partial charge < -0.3 is 11.1 Å². The number of nitrogen functional groups attached to an aromatic ring is 1. The Balaban J connectivity index is 1.83. The average molecular weight is 289 g/mol. The molecule has 0 amide bonds. The summed E-state index contributed by atoms with van der Waals surface area (Å²) in [5.41, 5.74) is 10.1. The second kappa shape index (κ2) is 4.22. The minimum atomic E-state index is 0.171. The Bertz CT molecular complexity index is 748. The van der Waals surface area contributed by atoms with E-state index in [0.717, 1.165) is 29.7 Å². The second-order valence-electron chi connectivity index (χ2n) is 4.51. The number of nitrogens with two attached hydrogens (primary N) is 1. The molecule has 3 heterocycles. The lowest BCUT2D eigenvalue weighted by molar-refractivity contribution is 0.571. The Hall–Kier alpha value is -1.57. The zero-order chi connectivity index (χ0) is 12.8. The fraction of sp³-hybridized carbons (Fsp3) is 0.250. The van der Waals surface area contributed by atoms with Crippen LogP contribution in [0.4, 0.5) is 5.13 Å². The lowest BCUT2D eigenvalue weighted by Crippen LogP contribution is -2.29. The lowest BCUT2D eigenvalue weighted by Gasteiger charge is -2.23. The van der Waals surface area contributed by atoms with Crippen molar-refractivity contribution in [1.82, 2.24) is 19.0 Å². The van der Waals surface area contributed by atoms with Crippen molar-refractivity contribution < 1.29 is 0 Å². The smallest absolute Gasteiger partial charge is 0.180 e. The number of nitrogens with one attached hydrogen (secondary N) is 1. The van der Waals surface area contributed by atoms with Crippen LogP contribution in [-0.4, -0.2) is 20.3 Å². The van der Waals surface area contributed by atoms with Gasteiger partial charge in [0.05, 0.1) is 28.3 Å². The topological polar surface area (TPSA) is 76.7 Å². The molecular weight excluding hydrogens is 278 g/mol. The van der Waals surface area contributed by atoms with Crippen molar-refractivity contribution >= 4 is 39.2 Å². The van der Waals surface area contributed by atoms with Crippen molar-refractivity contribution in [3.8, 4) is 0 Å². The van der Waals surface area contributed by atoms with Crippen molar-refractivity contribution in [2.24, 2.45) is 0 Å². The van der Waals surface area contributed by atoms with Crippen LogP contribution in [0.5, 0.6) is 0 Å². The molecule has 2 aromatic heterocycles. The summed E-state index contributed by atoms with van der Waals surface area (Å²) in [6.45, 7) is 0.925. The van der Waals surface area contributed by atoms with Crippen molar-refractivity contribution in [2.45, 2.75) is 12.5 Å². The summed E-state index contributed by atoms with van der Waals surface area (Å²) in [4.78, 5) is 5.64. The van der Waals surface area contributed by atoms with Gasteiger partial charge in [-0.1, -0.05) is 6.07 Å². The van der Waals surface area contributed by atoms with E-state index in [9.17, 15) is 0 Å². The van der Waals surface area contributed by atoms with Gasteiger partial charge in [-0.25, -0.2) is 4.98 Å². The molecule has 0 radical (unpaired) electrons. The average Bonchev–Trinajstić information content (AvgIpc) is 3.01. The predicted octanol–water partition coefficient (Wildman–Crippen LogP) is 1.97. The van der Waals surface area contributed by atoms with Crippen LogP contribution in [0.2, 0.25) is 0 Å². The summed E-state index contributed by atoms with van der Waals surface area (Å²) in [6, 6.07) is 6.40. The number of fused-ring (bicyclic) bond motifs is 2. The first-order chi connectivity index (χ1) is 9.31. The number of hydrogen-bond acceptors (Lipinski definition) is 7. The summed E-state index contributed by atoms with van der Waals surface area (Å²) >= 11 is 2.82. The summed E-state index contributed by atoms with van der Waals surface area (Å²) in [5.74, 6) is 0. The maximum atomic E-state index is 5.83. The molecule has 1 atom stereocenters. The van der Waals surface area contributed by atoms with E-state index in [0.29, 0.717) is 5.13 Å². The van der Waals surface area contributed by atoms with Crippen LogP contribution in [0, 0.1) is 0 Å². The number of nitrogens with zero attached hydrogens (tertiary/aromatic N) is 3. The van der Waals surface area contributed by atoms with Crippen molar-refractivity contribution in [3.63, 3.8) is 0 Å². The maximum Gasteiger partial charge on any atom is 0.180 e. The van der Waals surface area contributed by atoms with E-state index in [-0.39, 0.29) is 6.04 Å². The first-order valence-corrected chi connectivity index (χ1v) is 7.56. The quantitative estimate of drug-likeness (QED) is 0.716. The first kappa shape index (κ1) is 11.3. The molecule has 0 saturated heterocycles. The molecule has 3 aromatic rings.